The maximum Gasteiger partial charge on any atom is 0.0594 e. The Morgan fingerprint density at radius 1 is 1.23 bits per heavy atom. The summed E-state index contributed by atoms with van der Waals surface area (Å²) in [6, 6.07) is 0. The molecule has 0 aliphatic heterocycles. The van der Waals surface area contributed by atoms with Gasteiger partial charge in [0.15, 0.2) is 0 Å². The molecule has 1 nitrogen and oxygen atoms in total. The van der Waals surface area contributed by atoms with E-state index in [2.05, 4.69) is 34.6 Å². The number of aliphatic hydroxyl groups is 1. The van der Waals surface area contributed by atoms with Crippen molar-refractivity contribution in [3.05, 3.63) is 0 Å². The van der Waals surface area contributed by atoms with Crippen LogP contribution in [0.3, 0.4) is 0 Å². The average Bonchev–Trinajstić information content (AvgIpc) is 1.92. The average molecular weight is 184 g/mol. The summed E-state index contributed by atoms with van der Waals surface area (Å²) in [4.78, 5) is 0. The molecule has 2 atom stereocenters. The van der Waals surface area contributed by atoms with Crippen LogP contribution in [0.15, 0.2) is 0 Å². The number of hydrogen-bond donors (Lipinski definition) is 1. The highest BCUT2D eigenvalue weighted by molar-refractivity contribution is 4.89. The van der Waals surface area contributed by atoms with Gasteiger partial charge in [-0.2, -0.15) is 0 Å². The molecule has 1 rings (SSSR count). The highest BCUT2D eigenvalue weighted by atomic mass is 16.3. The van der Waals surface area contributed by atoms with Crippen LogP contribution in [0.4, 0.5) is 0 Å². The van der Waals surface area contributed by atoms with E-state index in [1.54, 1.807) is 0 Å². The van der Waals surface area contributed by atoms with Gasteiger partial charge in [0.05, 0.1) is 6.10 Å². The fraction of sp³-hybridized carbons (Fsp3) is 1.00. The first kappa shape index (κ1) is 11.0. The highest BCUT2D eigenvalue weighted by Gasteiger charge is 2.39. The van der Waals surface area contributed by atoms with Gasteiger partial charge in [0.25, 0.3) is 0 Å². The van der Waals surface area contributed by atoms with E-state index >= 15 is 0 Å². The van der Waals surface area contributed by atoms with Crippen molar-refractivity contribution in [3.8, 4) is 0 Å². The van der Waals surface area contributed by atoms with Crippen LogP contribution < -0.4 is 0 Å². The van der Waals surface area contributed by atoms with Crippen molar-refractivity contribution in [2.45, 2.75) is 60.0 Å². The van der Waals surface area contributed by atoms with Crippen molar-refractivity contribution in [1.82, 2.24) is 0 Å². The van der Waals surface area contributed by atoms with Gasteiger partial charge in [0, 0.05) is 0 Å². The van der Waals surface area contributed by atoms with Crippen molar-refractivity contribution in [3.63, 3.8) is 0 Å². The molecule has 0 spiro atoms. The molecule has 1 heteroatoms. The van der Waals surface area contributed by atoms with Gasteiger partial charge >= 0.3 is 0 Å². The second kappa shape index (κ2) is 3.27. The van der Waals surface area contributed by atoms with Gasteiger partial charge in [-0.05, 0) is 36.0 Å². The van der Waals surface area contributed by atoms with Crippen LogP contribution in [-0.4, -0.2) is 11.2 Å². The topological polar surface area (TPSA) is 20.2 Å². The second-order valence-corrected chi connectivity index (χ2v) is 6.34. The quantitative estimate of drug-likeness (QED) is 0.613. The third-order valence-corrected chi connectivity index (χ3v) is 3.77. The Balaban J connectivity index is 2.61. The molecule has 0 aromatic carbocycles. The fourth-order valence-corrected chi connectivity index (χ4v) is 2.21. The van der Waals surface area contributed by atoms with Crippen LogP contribution in [0.5, 0.6) is 0 Å². The maximum absolute atomic E-state index is 9.97. The van der Waals surface area contributed by atoms with Crippen molar-refractivity contribution >= 4 is 0 Å². The molecule has 1 fully saturated rings. The molecule has 78 valence electrons. The van der Waals surface area contributed by atoms with E-state index in [0.717, 1.165) is 12.8 Å². The fourth-order valence-electron chi connectivity index (χ4n) is 2.21. The lowest BCUT2D eigenvalue weighted by atomic mass is 9.64. The van der Waals surface area contributed by atoms with Crippen LogP contribution in [-0.2, 0) is 0 Å². The predicted molar refractivity (Wildman–Crippen MR) is 56.6 cm³/mol. The van der Waals surface area contributed by atoms with E-state index in [-0.39, 0.29) is 11.5 Å². The molecular weight excluding hydrogens is 160 g/mol. The molecule has 0 bridgehead atoms. The van der Waals surface area contributed by atoms with E-state index < -0.39 is 0 Å². The lowest BCUT2D eigenvalue weighted by molar-refractivity contribution is -0.0315. The van der Waals surface area contributed by atoms with Crippen LogP contribution in [0.2, 0.25) is 0 Å². The summed E-state index contributed by atoms with van der Waals surface area (Å²) >= 11 is 0. The molecule has 1 aliphatic carbocycles. The maximum atomic E-state index is 9.97. The SMILES string of the molecule is CC(C)(C)[C@H]1CCC(C)(C)[C@H](O)C1. The molecular formula is C12H24O. The molecule has 1 N–H and O–H groups in total. The van der Waals surface area contributed by atoms with Gasteiger partial charge in [0.1, 0.15) is 0 Å². The third-order valence-electron chi connectivity index (χ3n) is 3.77. The summed E-state index contributed by atoms with van der Waals surface area (Å²) in [5.74, 6) is 0.690. The largest absolute Gasteiger partial charge is 0.393 e. The van der Waals surface area contributed by atoms with Gasteiger partial charge in [0.2, 0.25) is 0 Å². The first-order valence-corrected chi connectivity index (χ1v) is 5.41. The Bertz CT molecular complexity index is 176. The zero-order valence-corrected chi connectivity index (χ0v) is 9.72. The summed E-state index contributed by atoms with van der Waals surface area (Å²) in [6.07, 6.45) is 3.31. The molecule has 0 heterocycles. The lowest BCUT2D eigenvalue weighted by Gasteiger charge is -2.44. The second-order valence-electron chi connectivity index (χ2n) is 6.34. The van der Waals surface area contributed by atoms with Gasteiger partial charge < -0.3 is 5.11 Å². The van der Waals surface area contributed by atoms with Crippen molar-refractivity contribution < 1.29 is 5.11 Å². The van der Waals surface area contributed by atoms with E-state index in [1.165, 1.54) is 6.42 Å². The first-order chi connectivity index (χ1) is 5.73. The number of rotatable bonds is 0. The van der Waals surface area contributed by atoms with Crippen LogP contribution >= 0.6 is 0 Å². The molecule has 0 amide bonds. The lowest BCUT2D eigenvalue weighted by Crippen LogP contribution is -2.39. The van der Waals surface area contributed by atoms with Crippen molar-refractivity contribution in [1.29, 1.82) is 0 Å². The summed E-state index contributed by atoms with van der Waals surface area (Å²) in [7, 11) is 0. The van der Waals surface area contributed by atoms with Gasteiger partial charge in [-0.25, -0.2) is 0 Å². The monoisotopic (exact) mass is 184 g/mol. The zero-order valence-electron chi connectivity index (χ0n) is 9.72. The molecule has 0 saturated heterocycles. The van der Waals surface area contributed by atoms with Crippen LogP contribution in [0.1, 0.15) is 53.9 Å². The number of aliphatic hydroxyl groups excluding tert-OH is 1. The Hall–Kier alpha value is -0.0400. The first-order valence-electron chi connectivity index (χ1n) is 5.41. The minimum atomic E-state index is -0.106. The van der Waals surface area contributed by atoms with E-state index in [1.807, 2.05) is 0 Å². The highest BCUT2D eigenvalue weighted by Crippen LogP contribution is 2.44. The molecule has 0 radical (unpaired) electrons. The minimum Gasteiger partial charge on any atom is -0.393 e. The van der Waals surface area contributed by atoms with Gasteiger partial charge in [-0.1, -0.05) is 34.6 Å². The molecule has 0 aromatic heterocycles. The summed E-state index contributed by atoms with van der Waals surface area (Å²) in [5, 5.41) is 9.97. The van der Waals surface area contributed by atoms with E-state index in [0.29, 0.717) is 11.3 Å². The Morgan fingerprint density at radius 3 is 2.15 bits per heavy atom. The molecule has 1 aliphatic rings. The standard InChI is InChI=1S/C12H24O/c1-11(2,3)9-6-7-12(4,5)10(13)8-9/h9-10,13H,6-8H2,1-5H3/t9-,10+/m0/s1. The Kier molecular flexibility index (Phi) is 2.78. The Labute approximate surface area is 82.5 Å². The van der Waals surface area contributed by atoms with E-state index in [9.17, 15) is 5.11 Å². The molecule has 13 heavy (non-hydrogen) atoms. The summed E-state index contributed by atoms with van der Waals surface area (Å²) in [6.45, 7) is 11.2. The van der Waals surface area contributed by atoms with E-state index in [4.69, 9.17) is 0 Å². The summed E-state index contributed by atoms with van der Waals surface area (Å²) < 4.78 is 0. The number of hydrogen-bond acceptors (Lipinski definition) is 1. The Morgan fingerprint density at radius 2 is 1.77 bits per heavy atom. The molecule has 0 aromatic rings. The normalized spacial score (nSPS) is 34.6. The molecule has 0 unspecified atom stereocenters. The minimum absolute atomic E-state index is 0.106. The van der Waals surface area contributed by atoms with Gasteiger partial charge in [-0.15, -0.1) is 0 Å². The zero-order chi connectivity index (χ0) is 10.3. The molecule has 1 saturated carbocycles. The smallest absolute Gasteiger partial charge is 0.0594 e. The summed E-state index contributed by atoms with van der Waals surface area (Å²) in [5.41, 5.74) is 0.499. The van der Waals surface area contributed by atoms with Crippen molar-refractivity contribution in [2.75, 3.05) is 0 Å². The predicted octanol–water partition coefficient (Wildman–Crippen LogP) is 3.22. The van der Waals surface area contributed by atoms with Gasteiger partial charge in [-0.3, -0.25) is 0 Å². The van der Waals surface area contributed by atoms with Crippen LogP contribution in [0, 0.1) is 16.7 Å². The van der Waals surface area contributed by atoms with Crippen LogP contribution in [0.25, 0.3) is 0 Å². The van der Waals surface area contributed by atoms with Crippen molar-refractivity contribution in [2.24, 2.45) is 16.7 Å². The third kappa shape index (κ3) is 2.46.